The number of hydrogen-bond acceptors (Lipinski definition) is 3. The van der Waals surface area contributed by atoms with E-state index in [4.69, 9.17) is 0 Å². The summed E-state index contributed by atoms with van der Waals surface area (Å²) in [6, 6.07) is 3.79. The van der Waals surface area contributed by atoms with Crippen molar-refractivity contribution in [1.29, 1.82) is 0 Å². The molecular formula is C17H22F3N3O2. The number of para-hydroxylation sites is 2. The van der Waals surface area contributed by atoms with Crippen LogP contribution in [0.3, 0.4) is 0 Å². The third-order valence-electron chi connectivity index (χ3n) is 4.35. The molecule has 2 N–H and O–H groups in total. The first-order chi connectivity index (χ1) is 11.6. The van der Waals surface area contributed by atoms with Gasteiger partial charge in [-0.25, -0.2) is 0 Å². The van der Waals surface area contributed by atoms with Crippen molar-refractivity contribution >= 4 is 23.2 Å². The van der Waals surface area contributed by atoms with E-state index in [1.807, 2.05) is 20.8 Å². The highest BCUT2D eigenvalue weighted by Crippen LogP contribution is 2.37. The lowest BCUT2D eigenvalue weighted by Gasteiger charge is -2.32. The second-order valence-corrected chi connectivity index (χ2v) is 6.50. The van der Waals surface area contributed by atoms with Crippen LogP contribution in [0.5, 0.6) is 0 Å². The number of carbonyl (C=O) groups is 2. The van der Waals surface area contributed by atoms with Crippen LogP contribution in [0.15, 0.2) is 24.3 Å². The molecule has 8 heteroatoms. The number of alkyl halides is 3. The molecule has 2 rings (SSSR count). The number of carbonyl (C=O) groups excluding carboxylic acids is 2. The van der Waals surface area contributed by atoms with Gasteiger partial charge in [0.1, 0.15) is 6.04 Å². The summed E-state index contributed by atoms with van der Waals surface area (Å²) in [5, 5.41) is 5.39. The Hall–Kier alpha value is -2.09. The Bertz CT molecular complexity index is 646. The van der Waals surface area contributed by atoms with Gasteiger partial charge >= 0.3 is 6.18 Å². The molecular weight excluding hydrogens is 335 g/mol. The molecule has 1 aromatic rings. The number of anilines is 2. The Morgan fingerprint density at radius 2 is 1.96 bits per heavy atom. The van der Waals surface area contributed by atoms with Crippen molar-refractivity contribution in [3.63, 3.8) is 0 Å². The van der Waals surface area contributed by atoms with Crippen LogP contribution in [0.1, 0.15) is 27.2 Å². The van der Waals surface area contributed by atoms with Crippen molar-refractivity contribution < 1.29 is 22.8 Å². The van der Waals surface area contributed by atoms with Crippen LogP contribution in [0.4, 0.5) is 24.5 Å². The van der Waals surface area contributed by atoms with Crippen LogP contribution in [-0.2, 0) is 9.59 Å². The van der Waals surface area contributed by atoms with Crippen molar-refractivity contribution in [1.82, 2.24) is 5.32 Å². The van der Waals surface area contributed by atoms with Crippen molar-refractivity contribution in [2.75, 3.05) is 16.8 Å². The lowest BCUT2D eigenvalue weighted by molar-refractivity contribution is -0.157. The molecule has 2 amide bonds. The molecule has 1 heterocycles. The lowest BCUT2D eigenvalue weighted by atomic mass is 10.1. The van der Waals surface area contributed by atoms with Crippen LogP contribution in [-0.4, -0.2) is 36.6 Å². The van der Waals surface area contributed by atoms with Gasteiger partial charge in [0.15, 0.2) is 0 Å². The molecule has 0 saturated heterocycles. The topological polar surface area (TPSA) is 61.4 Å². The number of amides is 2. The van der Waals surface area contributed by atoms with Crippen molar-refractivity contribution in [2.24, 2.45) is 5.92 Å². The minimum atomic E-state index is -4.71. The third kappa shape index (κ3) is 4.50. The summed E-state index contributed by atoms with van der Waals surface area (Å²) in [6.45, 7) is 5.52. The maximum atomic E-state index is 13.5. The van der Waals surface area contributed by atoms with Gasteiger partial charge in [-0.1, -0.05) is 26.0 Å². The third-order valence-corrected chi connectivity index (χ3v) is 4.35. The highest BCUT2D eigenvalue weighted by Gasteiger charge is 2.48. The number of hydrogen-bond donors (Lipinski definition) is 2. The van der Waals surface area contributed by atoms with Gasteiger partial charge in [0.2, 0.25) is 11.8 Å². The number of nitrogens with zero attached hydrogens (tertiary/aromatic N) is 1. The van der Waals surface area contributed by atoms with E-state index in [0.717, 1.165) is 0 Å². The quantitative estimate of drug-likeness (QED) is 0.871. The molecule has 138 valence electrons. The van der Waals surface area contributed by atoms with Crippen LogP contribution in [0.25, 0.3) is 0 Å². The first kappa shape index (κ1) is 19.2. The molecule has 1 aromatic carbocycles. The minimum absolute atomic E-state index is 0.0322. The normalized spacial score (nSPS) is 19.2. The fourth-order valence-corrected chi connectivity index (χ4v) is 2.56. The van der Waals surface area contributed by atoms with Gasteiger partial charge in [0.05, 0.1) is 24.3 Å². The van der Waals surface area contributed by atoms with E-state index in [-0.39, 0.29) is 29.9 Å². The lowest BCUT2D eigenvalue weighted by Crippen LogP contribution is -2.52. The second kappa shape index (κ2) is 7.43. The molecule has 0 fully saturated rings. The van der Waals surface area contributed by atoms with E-state index in [1.165, 1.54) is 18.2 Å². The van der Waals surface area contributed by atoms with E-state index in [2.05, 4.69) is 10.6 Å². The van der Waals surface area contributed by atoms with Crippen LogP contribution < -0.4 is 15.5 Å². The minimum Gasteiger partial charge on any atom is -0.324 e. The van der Waals surface area contributed by atoms with Gasteiger partial charge in [-0.15, -0.1) is 0 Å². The molecule has 0 aromatic heterocycles. The van der Waals surface area contributed by atoms with E-state index in [1.54, 1.807) is 6.07 Å². The molecule has 0 aliphatic carbocycles. The van der Waals surface area contributed by atoms with Crippen LogP contribution in [0, 0.1) is 5.92 Å². The maximum absolute atomic E-state index is 13.5. The Balaban J connectivity index is 2.37. The van der Waals surface area contributed by atoms with Gasteiger partial charge in [-0.2, -0.15) is 13.2 Å². The van der Waals surface area contributed by atoms with Gasteiger partial charge in [-0.05, 0) is 25.0 Å². The zero-order valence-corrected chi connectivity index (χ0v) is 14.4. The second-order valence-electron chi connectivity index (χ2n) is 6.50. The highest BCUT2D eigenvalue weighted by molar-refractivity contribution is 6.05. The Kier molecular flexibility index (Phi) is 5.72. The maximum Gasteiger partial charge on any atom is 0.409 e. The van der Waals surface area contributed by atoms with Crippen molar-refractivity contribution in [3.05, 3.63) is 24.3 Å². The molecule has 25 heavy (non-hydrogen) atoms. The average Bonchev–Trinajstić information content (AvgIpc) is 2.67. The number of fused-ring (bicyclic) bond motifs is 1. The summed E-state index contributed by atoms with van der Waals surface area (Å²) in [4.78, 5) is 25.2. The van der Waals surface area contributed by atoms with E-state index >= 15 is 0 Å². The predicted molar refractivity (Wildman–Crippen MR) is 89.3 cm³/mol. The SMILES string of the molecule is CC(C)C(C)NCC(=O)N1c2ccccc2NC(=O)CC1C(F)(F)F. The van der Waals surface area contributed by atoms with E-state index in [9.17, 15) is 22.8 Å². The number of nitrogens with one attached hydrogen (secondary N) is 2. The van der Waals surface area contributed by atoms with Crippen molar-refractivity contribution in [2.45, 2.75) is 45.5 Å². The summed E-state index contributed by atoms with van der Waals surface area (Å²) in [5.41, 5.74) is 0.254. The monoisotopic (exact) mass is 357 g/mol. The molecule has 1 aliphatic rings. The zero-order chi connectivity index (χ0) is 18.8. The van der Waals surface area contributed by atoms with Gasteiger partial charge in [-0.3, -0.25) is 14.5 Å². The molecule has 0 bridgehead atoms. The Morgan fingerprint density at radius 1 is 1.32 bits per heavy atom. The van der Waals surface area contributed by atoms with Gasteiger partial charge in [0, 0.05) is 6.04 Å². The Labute approximate surface area is 144 Å². The Morgan fingerprint density at radius 3 is 2.56 bits per heavy atom. The zero-order valence-electron chi connectivity index (χ0n) is 14.4. The molecule has 5 nitrogen and oxygen atoms in total. The fourth-order valence-electron chi connectivity index (χ4n) is 2.56. The molecule has 2 unspecified atom stereocenters. The first-order valence-electron chi connectivity index (χ1n) is 8.12. The molecule has 0 spiro atoms. The number of benzene rings is 1. The van der Waals surface area contributed by atoms with Crippen LogP contribution in [0.2, 0.25) is 0 Å². The largest absolute Gasteiger partial charge is 0.409 e. The van der Waals surface area contributed by atoms with Crippen LogP contribution >= 0.6 is 0 Å². The summed E-state index contributed by atoms with van der Waals surface area (Å²) >= 11 is 0. The summed E-state index contributed by atoms with van der Waals surface area (Å²) in [5.74, 6) is -1.27. The molecule has 0 radical (unpaired) electrons. The van der Waals surface area contributed by atoms with Gasteiger partial charge < -0.3 is 10.6 Å². The number of rotatable bonds is 4. The predicted octanol–water partition coefficient (Wildman–Crippen LogP) is 2.93. The summed E-state index contributed by atoms with van der Waals surface area (Å²) in [6.07, 6.45) is -5.54. The van der Waals surface area contributed by atoms with E-state index in [0.29, 0.717) is 4.90 Å². The molecule has 2 atom stereocenters. The summed E-state index contributed by atoms with van der Waals surface area (Å²) < 4.78 is 40.6. The molecule has 1 aliphatic heterocycles. The molecule has 0 saturated carbocycles. The van der Waals surface area contributed by atoms with Gasteiger partial charge in [0.25, 0.3) is 0 Å². The summed E-state index contributed by atoms with van der Waals surface area (Å²) in [7, 11) is 0. The average molecular weight is 357 g/mol. The van der Waals surface area contributed by atoms with Crippen molar-refractivity contribution in [3.8, 4) is 0 Å². The number of halogens is 3. The van der Waals surface area contributed by atoms with E-state index < -0.39 is 30.5 Å². The highest BCUT2D eigenvalue weighted by atomic mass is 19.4. The smallest absolute Gasteiger partial charge is 0.324 e. The first-order valence-corrected chi connectivity index (χ1v) is 8.12. The fraction of sp³-hybridized carbons (Fsp3) is 0.529. The standard InChI is InChI=1S/C17H22F3N3O2/c1-10(2)11(3)21-9-16(25)23-13-7-5-4-6-12(13)22-15(24)8-14(23)17(18,19)20/h4-7,10-11,14,21H,8-9H2,1-3H3,(H,22,24).